The molecular formula is C9H11F2NO3. The standard InChI is InChI=1S/C9H11F2NO3/c10-6-2-9(7(11)1-8(6)12)15-4-5(14)3-13/h1-2,5,13-14H,3-4,12H2. The highest BCUT2D eigenvalue weighted by atomic mass is 19.1. The third kappa shape index (κ3) is 3.03. The van der Waals surface area contributed by atoms with E-state index in [-0.39, 0.29) is 18.0 Å². The summed E-state index contributed by atoms with van der Waals surface area (Å²) in [4.78, 5) is 0. The summed E-state index contributed by atoms with van der Waals surface area (Å²) in [6.45, 7) is -0.837. The van der Waals surface area contributed by atoms with E-state index >= 15 is 0 Å². The van der Waals surface area contributed by atoms with Crippen molar-refractivity contribution in [3.05, 3.63) is 23.8 Å². The molecule has 6 heteroatoms. The fourth-order valence-electron chi connectivity index (χ4n) is 0.893. The second kappa shape index (κ2) is 4.90. The second-order valence-electron chi connectivity index (χ2n) is 2.95. The van der Waals surface area contributed by atoms with Crippen LogP contribution in [0.3, 0.4) is 0 Å². The van der Waals surface area contributed by atoms with Crippen LogP contribution in [0.1, 0.15) is 0 Å². The highest BCUT2D eigenvalue weighted by Crippen LogP contribution is 2.22. The Kier molecular flexibility index (Phi) is 3.81. The number of ether oxygens (including phenoxy) is 1. The van der Waals surface area contributed by atoms with E-state index < -0.39 is 24.3 Å². The molecule has 1 aromatic carbocycles. The van der Waals surface area contributed by atoms with Crippen molar-refractivity contribution in [2.24, 2.45) is 0 Å². The minimum atomic E-state index is -1.13. The number of benzene rings is 1. The van der Waals surface area contributed by atoms with Gasteiger partial charge in [-0.05, 0) is 0 Å². The summed E-state index contributed by atoms with van der Waals surface area (Å²) in [5.41, 5.74) is 4.79. The second-order valence-corrected chi connectivity index (χ2v) is 2.95. The average molecular weight is 219 g/mol. The normalized spacial score (nSPS) is 12.5. The number of nitrogens with two attached hydrogens (primary N) is 1. The van der Waals surface area contributed by atoms with Gasteiger partial charge >= 0.3 is 0 Å². The van der Waals surface area contributed by atoms with Crippen LogP contribution in [-0.2, 0) is 0 Å². The van der Waals surface area contributed by atoms with Gasteiger partial charge in [0, 0.05) is 12.1 Å². The molecule has 0 amide bonds. The number of aliphatic hydroxyl groups is 2. The molecule has 15 heavy (non-hydrogen) atoms. The molecule has 0 aliphatic heterocycles. The lowest BCUT2D eigenvalue weighted by atomic mass is 10.3. The van der Waals surface area contributed by atoms with Crippen molar-refractivity contribution in [2.45, 2.75) is 6.10 Å². The summed E-state index contributed by atoms with van der Waals surface area (Å²) in [6, 6.07) is 1.57. The third-order valence-corrected chi connectivity index (χ3v) is 1.69. The van der Waals surface area contributed by atoms with E-state index in [2.05, 4.69) is 0 Å². The molecule has 84 valence electrons. The molecule has 1 unspecified atom stereocenters. The molecule has 0 radical (unpaired) electrons. The molecule has 4 nitrogen and oxygen atoms in total. The van der Waals surface area contributed by atoms with Gasteiger partial charge in [0.05, 0.1) is 12.3 Å². The Morgan fingerprint density at radius 3 is 2.60 bits per heavy atom. The highest BCUT2D eigenvalue weighted by Gasteiger charge is 2.10. The van der Waals surface area contributed by atoms with E-state index in [1.54, 1.807) is 0 Å². The summed E-state index contributed by atoms with van der Waals surface area (Å²) in [5.74, 6) is -1.97. The number of halogens is 2. The van der Waals surface area contributed by atoms with Crippen LogP contribution < -0.4 is 10.5 Å². The maximum absolute atomic E-state index is 13.1. The van der Waals surface area contributed by atoms with Gasteiger partial charge in [0.25, 0.3) is 0 Å². The Balaban J connectivity index is 2.73. The summed E-state index contributed by atoms with van der Waals surface area (Å²) in [5, 5.41) is 17.4. The number of anilines is 1. The van der Waals surface area contributed by atoms with Gasteiger partial charge in [0.2, 0.25) is 0 Å². The largest absolute Gasteiger partial charge is 0.488 e. The average Bonchev–Trinajstić information content (AvgIpc) is 2.21. The van der Waals surface area contributed by atoms with Crippen molar-refractivity contribution < 1.29 is 23.7 Å². The lowest BCUT2D eigenvalue weighted by Gasteiger charge is -2.11. The van der Waals surface area contributed by atoms with Crippen LogP contribution in [0.4, 0.5) is 14.5 Å². The zero-order valence-electron chi connectivity index (χ0n) is 7.78. The predicted molar refractivity (Wildman–Crippen MR) is 49.4 cm³/mol. The molecule has 1 aromatic rings. The Morgan fingerprint density at radius 2 is 2.00 bits per heavy atom. The van der Waals surface area contributed by atoms with Gasteiger partial charge < -0.3 is 20.7 Å². The van der Waals surface area contributed by atoms with Gasteiger partial charge in [-0.2, -0.15) is 0 Å². The molecule has 0 fully saturated rings. The van der Waals surface area contributed by atoms with Gasteiger partial charge in [-0.15, -0.1) is 0 Å². The van der Waals surface area contributed by atoms with Crippen LogP contribution in [-0.4, -0.2) is 29.5 Å². The van der Waals surface area contributed by atoms with Crippen LogP contribution in [0.2, 0.25) is 0 Å². The first kappa shape index (κ1) is 11.7. The van der Waals surface area contributed by atoms with Crippen LogP contribution in [0.25, 0.3) is 0 Å². The van der Waals surface area contributed by atoms with Crippen molar-refractivity contribution in [3.63, 3.8) is 0 Å². The van der Waals surface area contributed by atoms with E-state index in [0.717, 1.165) is 12.1 Å². The van der Waals surface area contributed by atoms with Gasteiger partial charge in [-0.1, -0.05) is 0 Å². The van der Waals surface area contributed by atoms with Gasteiger partial charge in [-0.25, -0.2) is 8.78 Å². The van der Waals surface area contributed by atoms with Crippen LogP contribution in [0.5, 0.6) is 5.75 Å². The van der Waals surface area contributed by atoms with Crippen molar-refractivity contribution in [2.75, 3.05) is 18.9 Å². The highest BCUT2D eigenvalue weighted by molar-refractivity contribution is 5.44. The van der Waals surface area contributed by atoms with Crippen LogP contribution in [0, 0.1) is 11.6 Å². The lowest BCUT2D eigenvalue weighted by Crippen LogP contribution is -2.21. The molecule has 0 heterocycles. The monoisotopic (exact) mass is 219 g/mol. The maximum Gasteiger partial charge on any atom is 0.167 e. The molecule has 0 saturated carbocycles. The predicted octanol–water partition coefficient (Wildman–Crippen LogP) is 0.279. The van der Waals surface area contributed by atoms with E-state index in [9.17, 15) is 8.78 Å². The molecule has 0 spiro atoms. The SMILES string of the molecule is Nc1cc(F)c(OCC(O)CO)cc1F. The molecule has 0 saturated heterocycles. The molecule has 0 bridgehead atoms. The number of hydrogen-bond donors (Lipinski definition) is 3. The Bertz CT molecular complexity index is 346. The van der Waals surface area contributed by atoms with Crippen molar-refractivity contribution in [3.8, 4) is 5.75 Å². The Morgan fingerprint density at radius 1 is 1.33 bits per heavy atom. The topological polar surface area (TPSA) is 75.7 Å². The molecule has 0 aromatic heterocycles. The Labute approximate surface area is 84.9 Å². The lowest BCUT2D eigenvalue weighted by molar-refractivity contribution is 0.0522. The zero-order chi connectivity index (χ0) is 11.4. The number of rotatable bonds is 4. The third-order valence-electron chi connectivity index (χ3n) is 1.69. The molecule has 0 aliphatic rings. The van der Waals surface area contributed by atoms with Gasteiger partial charge in [0.15, 0.2) is 11.6 Å². The summed E-state index contributed by atoms with van der Waals surface area (Å²) in [7, 11) is 0. The fraction of sp³-hybridized carbons (Fsp3) is 0.333. The van der Waals surface area contributed by atoms with Crippen molar-refractivity contribution in [1.82, 2.24) is 0 Å². The smallest absolute Gasteiger partial charge is 0.167 e. The minimum Gasteiger partial charge on any atom is -0.488 e. The van der Waals surface area contributed by atoms with Crippen LogP contribution in [0.15, 0.2) is 12.1 Å². The molecule has 1 atom stereocenters. The minimum absolute atomic E-state index is 0.317. The number of nitrogen functional groups attached to an aromatic ring is 1. The summed E-state index contributed by atoms with van der Waals surface area (Å²) >= 11 is 0. The fourth-order valence-corrected chi connectivity index (χ4v) is 0.893. The maximum atomic E-state index is 13.1. The van der Waals surface area contributed by atoms with E-state index in [1.807, 2.05) is 0 Å². The van der Waals surface area contributed by atoms with Gasteiger partial charge in [0.1, 0.15) is 18.5 Å². The number of aliphatic hydroxyl groups excluding tert-OH is 2. The summed E-state index contributed by atoms with van der Waals surface area (Å²) < 4.78 is 30.7. The van der Waals surface area contributed by atoms with Crippen LogP contribution >= 0.6 is 0 Å². The molecular weight excluding hydrogens is 208 g/mol. The summed E-state index contributed by atoms with van der Waals surface area (Å²) in [6.07, 6.45) is -1.13. The zero-order valence-corrected chi connectivity index (χ0v) is 7.78. The Hall–Kier alpha value is -1.40. The van der Waals surface area contributed by atoms with E-state index in [4.69, 9.17) is 20.7 Å². The molecule has 1 rings (SSSR count). The first-order valence-corrected chi connectivity index (χ1v) is 4.21. The van der Waals surface area contributed by atoms with Gasteiger partial charge in [-0.3, -0.25) is 0 Å². The van der Waals surface area contributed by atoms with Crippen molar-refractivity contribution >= 4 is 5.69 Å². The first-order valence-electron chi connectivity index (χ1n) is 4.21. The van der Waals surface area contributed by atoms with E-state index in [1.165, 1.54) is 0 Å². The first-order chi connectivity index (χ1) is 7.04. The van der Waals surface area contributed by atoms with Crippen molar-refractivity contribution in [1.29, 1.82) is 0 Å². The van der Waals surface area contributed by atoms with E-state index in [0.29, 0.717) is 0 Å². The quantitative estimate of drug-likeness (QED) is 0.636. The molecule has 4 N–H and O–H groups in total. The number of hydrogen-bond acceptors (Lipinski definition) is 4. The molecule has 0 aliphatic carbocycles.